The van der Waals surface area contributed by atoms with Crippen LogP contribution in [-0.2, 0) is 16.1 Å². The van der Waals surface area contributed by atoms with Crippen LogP contribution < -0.4 is 0 Å². The van der Waals surface area contributed by atoms with Crippen LogP contribution in [0.25, 0.3) is 0 Å². The summed E-state index contributed by atoms with van der Waals surface area (Å²) in [5.74, 6) is 0.532. The van der Waals surface area contributed by atoms with Crippen LogP contribution >= 0.6 is 0 Å². The van der Waals surface area contributed by atoms with Crippen molar-refractivity contribution in [3.05, 3.63) is 33.9 Å². The lowest BCUT2D eigenvalue weighted by Gasteiger charge is -2.17. The van der Waals surface area contributed by atoms with Gasteiger partial charge in [-0.25, -0.2) is 0 Å². The van der Waals surface area contributed by atoms with Gasteiger partial charge in [0.1, 0.15) is 0 Å². The van der Waals surface area contributed by atoms with E-state index in [1.54, 1.807) is 0 Å². The highest BCUT2D eigenvalue weighted by Crippen LogP contribution is 2.21. The minimum Gasteiger partial charge on any atom is -0.376 e. The normalized spacial score (nSPS) is 12.7. The molecule has 0 fully saturated rings. The fraction of sp³-hybridized carbons (Fsp3) is 0.611. The van der Waals surface area contributed by atoms with E-state index in [2.05, 4.69) is 20.8 Å². The van der Waals surface area contributed by atoms with Gasteiger partial charge in [0.05, 0.1) is 19.3 Å². The average Bonchev–Trinajstić information content (AvgIpc) is 2.40. The number of hydrogen-bond donors (Lipinski definition) is 0. The Morgan fingerprint density at radius 2 is 1.76 bits per heavy atom. The minimum absolute atomic E-state index is 0.0870. The fourth-order valence-electron chi connectivity index (χ4n) is 2.38. The lowest BCUT2D eigenvalue weighted by atomic mass is 9.94. The Morgan fingerprint density at radius 3 is 2.33 bits per heavy atom. The number of rotatable bonds is 8. The first-order valence-corrected chi connectivity index (χ1v) is 7.61. The molecule has 0 aliphatic heterocycles. The maximum absolute atomic E-state index is 11.2. The van der Waals surface area contributed by atoms with Crippen LogP contribution in [0.1, 0.15) is 53.4 Å². The van der Waals surface area contributed by atoms with E-state index in [4.69, 9.17) is 9.47 Å². The third-order valence-corrected chi connectivity index (χ3v) is 3.62. The van der Waals surface area contributed by atoms with Crippen LogP contribution in [0.3, 0.4) is 0 Å². The number of aldehydes is 1. The Labute approximate surface area is 128 Å². The largest absolute Gasteiger partial charge is 0.376 e. The summed E-state index contributed by atoms with van der Waals surface area (Å²) in [4.78, 5) is 11.2. The first kappa shape index (κ1) is 17.9. The minimum atomic E-state index is 0.0870. The summed E-state index contributed by atoms with van der Waals surface area (Å²) in [6, 6.07) is 2.05. The molecule has 3 heteroatoms. The van der Waals surface area contributed by atoms with Gasteiger partial charge in [0.15, 0.2) is 6.29 Å². The second kappa shape index (κ2) is 8.30. The summed E-state index contributed by atoms with van der Waals surface area (Å²) in [5, 5.41) is 0. The van der Waals surface area contributed by atoms with Crippen LogP contribution in [0.15, 0.2) is 6.07 Å². The molecule has 0 saturated heterocycles. The lowest BCUT2D eigenvalue weighted by molar-refractivity contribution is -0.0210. The van der Waals surface area contributed by atoms with E-state index < -0.39 is 0 Å². The number of benzene rings is 1. The predicted octanol–water partition coefficient (Wildman–Crippen LogP) is 4.00. The third-order valence-electron chi connectivity index (χ3n) is 3.62. The summed E-state index contributed by atoms with van der Waals surface area (Å²) in [5.41, 5.74) is 5.11. The topological polar surface area (TPSA) is 35.5 Å². The van der Waals surface area contributed by atoms with Gasteiger partial charge >= 0.3 is 0 Å². The number of carbonyl (C=O) groups is 1. The molecule has 0 bridgehead atoms. The van der Waals surface area contributed by atoms with Gasteiger partial charge in [0.25, 0.3) is 0 Å². The van der Waals surface area contributed by atoms with Crippen molar-refractivity contribution < 1.29 is 14.3 Å². The van der Waals surface area contributed by atoms with Gasteiger partial charge in [0, 0.05) is 12.2 Å². The highest BCUT2D eigenvalue weighted by molar-refractivity contribution is 5.80. The maximum atomic E-state index is 11.2. The van der Waals surface area contributed by atoms with Gasteiger partial charge in [-0.3, -0.25) is 4.79 Å². The summed E-state index contributed by atoms with van der Waals surface area (Å²) >= 11 is 0. The fourth-order valence-corrected chi connectivity index (χ4v) is 2.38. The standard InChI is InChI=1S/C18H28O3/c1-12(2)9-21-15(5)10-20-11-18-14(4)7-13(3)17(8-19)16(18)6/h7-8,12,15H,9-11H2,1-6H3. The lowest BCUT2D eigenvalue weighted by Crippen LogP contribution is -2.19. The van der Waals surface area contributed by atoms with Crippen molar-refractivity contribution in [2.75, 3.05) is 13.2 Å². The first-order chi connectivity index (χ1) is 9.86. The van der Waals surface area contributed by atoms with Gasteiger partial charge in [-0.05, 0) is 55.9 Å². The summed E-state index contributed by atoms with van der Waals surface area (Å²) in [7, 11) is 0. The molecule has 1 atom stereocenters. The first-order valence-electron chi connectivity index (χ1n) is 7.61. The van der Waals surface area contributed by atoms with Gasteiger partial charge < -0.3 is 9.47 Å². The van der Waals surface area contributed by atoms with E-state index in [1.165, 1.54) is 5.56 Å². The number of ether oxygens (including phenoxy) is 2. The molecular weight excluding hydrogens is 264 g/mol. The molecular formula is C18H28O3. The SMILES string of the molecule is Cc1cc(C)c(COCC(C)OCC(C)C)c(C)c1C=O. The average molecular weight is 292 g/mol. The molecule has 0 amide bonds. The smallest absolute Gasteiger partial charge is 0.150 e. The summed E-state index contributed by atoms with van der Waals surface area (Å²) in [6.07, 6.45) is 1.02. The highest BCUT2D eigenvalue weighted by Gasteiger charge is 2.11. The molecule has 0 N–H and O–H groups in total. The Kier molecular flexibility index (Phi) is 7.06. The van der Waals surface area contributed by atoms with Crippen LogP contribution in [-0.4, -0.2) is 25.6 Å². The van der Waals surface area contributed by atoms with Crippen molar-refractivity contribution in [1.29, 1.82) is 0 Å². The quantitative estimate of drug-likeness (QED) is 0.679. The van der Waals surface area contributed by atoms with Gasteiger partial charge in [-0.2, -0.15) is 0 Å². The zero-order chi connectivity index (χ0) is 16.0. The molecule has 0 aromatic heterocycles. The molecule has 3 nitrogen and oxygen atoms in total. The van der Waals surface area contributed by atoms with Crippen molar-refractivity contribution >= 4 is 6.29 Å². The van der Waals surface area contributed by atoms with Gasteiger partial charge in [-0.15, -0.1) is 0 Å². The van der Waals surface area contributed by atoms with E-state index in [0.717, 1.165) is 35.1 Å². The van der Waals surface area contributed by atoms with Crippen molar-refractivity contribution in [2.45, 2.75) is 54.3 Å². The van der Waals surface area contributed by atoms with Crippen LogP contribution in [0.4, 0.5) is 0 Å². The molecule has 0 saturated carbocycles. The van der Waals surface area contributed by atoms with Gasteiger partial charge in [-0.1, -0.05) is 19.9 Å². The molecule has 0 radical (unpaired) electrons. The molecule has 118 valence electrons. The van der Waals surface area contributed by atoms with Crippen LogP contribution in [0.2, 0.25) is 0 Å². The third kappa shape index (κ3) is 5.25. The second-order valence-corrected chi connectivity index (χ2v) is 6.20. The Bertz CT molecular complexity index is 478. The van der Waals surface area contributed by atoms with Crippen molar-refractivity contribution in [1.82, 2.24) is 0 Å². The molecule has 1 unspecified atom stereocenters. The van der Waals surface area contributed by atoms with E-state index in [9.17, 15) is 4.79 Å². The van der Waals surface area contributed by atoms with E-state index in [-0.39, 0.29) is 6.10 Å². The predicted molar refractivity (Wildman–Crippen MR) is 85.9 cm³/mol. The molecule has 1 aromatic carbocycles. The van der Waals surface area contributed by atoms with Gasteiger partial charge in [0.2, 0.25) is 0 Å². The maximum Gasteiger partial charge on any atom is 0.150 e. The van der Waals surface area contributed by atoms with Crippen LogP contribution in [0.5, 0.6) is 0 Å². The van der Waals surface area contributed by atoms with Crippen molar-refractivity contribution in [3.63, 3.8) is 0 Å². The van der Waals surface area contributed by atoms with Crippen molar-refractivity contribution in [3.8, 4) is 0 Å². The Balaban J connectivity index is 2.62. The van der Waals surface area contributed by atoms with Crippen LogP contribution in [0, 0.1) is 26.7 Å². The molecule has 0 spiro atoms. The summed E-state index contributed by atoms with van der Waals surface area (Å²) < 4.78 is 11.5. The van der Waals surface area contributed by atoms with E-state index >= 15 is 0 Å². The number of aryl methyl sites for hydroxylation is 2. The van der Waals surface area contributed by atoms with Crippen molar-refractivity contribution in [2.24, 2.45) is 5.92 Å². The molecule has 0 heterocycles. The number of carbonyl (C=O) groups excluding carboxylic acids is 1. The Morgan fingerprint density at radius 1 is 1.10 bits per heavy atom. The monoisotopic (exact) mass is 292 g/mol. The molecule has 1 aromatic rings. The number of hydrogen-bond acceptors (Lipinski definition) is 3. The van der Waals surface area contributed by atoms with E-state index in [1.807, 2.05) is 26.8 Å². The molecule has 1 rings (SSSR count). The molecule has 21 heavy (non-hydrogen) atoms. The Hall–Kier alpha value is -1.19. The second-order valence-electron chi connectivity index (χ2n) is 6.20. The van der Waals surface area contributed by atoms with E-state index in [0.29, 0.717) is 19.1 Å². The molecule has 0 aliphatic carbocycles. The zero-order valence-corrected chi connectivity index (χ0v) is 14.2. The highest BCUT2D eigenvalue weighted by atomic mass is 16.5. The molecule has 0 aliphatic rings. The summed E-state index contributed by atoms with van der Waals surface area (Å²) in [6.45, 7) is 14.1. The zero-order valence-electron chi connectivity index (χ0n) is 14.2.